The van der Waals surface area contributed by atoms with E-state index in [4.69, 9.17) is 30.5 Å². The van der Waals surface area contributed by atoms with Gasteiger partial charge in [-0.05, 0) is 119 Å². The van der Waals surface area contributed by atoms with E-state index in [0.29, 0.717) is 37.8 Å². The Morgan fingerprint density at radius 2 is 1.65 bits per heavy atom. The number of amides is 1. The third-order valence-electron chi connectivity index (χ3n) is 16.9. The number of carbonyl (C=O) groups is 1. The highest BCUT2D eigenvalue weighted by atomic mass is 35.5. The van der Waals surface area contributed by atoms with Crippen LogP contribution in [0.4, 0.5) is 16.2 Å². The number of alkyl carbamates (subject to hydrolysis) is 1. The predicted octanol–water partition coefficient (Wildman–Crippen LogP) is 12.1. The van der Waals surface area contributed by atoms with E-state index in [0.717, 1.165) is 105 Å². The van der Waals surface area contributed by atoms with Crippen LogP contribution in [0.2, 0.25) is 0 Å². The molecule has 13 heteroatoms. The summed E-state index contributed by atoms with van der Waals surface area (Å²) < 4.78 is 60.1. The molecule has 5 aliphatic heterocycles. The second-order valence-electron chi connectivity index (χ2n) is 22.2. The number of carbonyl (C=O) groups excluding carboxylic acids is 1. The molecule has 69 heavy (non-hydrogen) atoms. The first-order chi connectivity index (χ1) is 32.8. The van der Waals surface area contributed by atoms with Crippen molar-refractivity contribution >= 4 is 44.9 Å². The Labute approximate surface area is 416 Å². The van der Waals surface area contributed by atoms with Gasteiger partial charge < -0.3 is 29.2 Å². The maximum atomic E-state index is 13.1. The molecule has 1 spiro atoms. The summed E-state index contributed by atoms with van der Waals surface area (Å²) in [6.45, 7) is 17.7. The number of halogens is 1. The lowest BCUT2D eigenvalue weighted by Gasteiger charge is -2.58. The summed E-state index contributed by atoms with van der Waals surface area (Å²) in [7, 11) is -4.00. The van der Waals surface area contributed by atoms with Crippen LogP contribution in [0.5, 0.6) is 0 Å². The number of nitrogens with one attached hydrogen (secondary N) is 1. The molecule has 2 aliphatic carbocycles. The van der Waals surface area contributed by atoms with Crippen LogP contribution in [0.3, 0.4) is 0 Å². The maximum Gasteiger partial charge on any atom is 0.409 e. The largest absolute Gasteiger partial charge is 0.419 e. The molecule has 7 aliphatic rings. The van der Waals surface area contributed by atoms with Gasteiger partial charge in [-0.25, -0.2) is 4.79 Å². The van der Waals surface area contributed by atoms with Crippen LogP contribution >= 0.6 is 11.6 Å². The van der Waals surface area contributed by atoms with Crippen molar-refractivity contribution in [2.75, 3.05) is 30.3 Å². The molecule has 0 aromatic heterocycles. The molecule has 374 valence electrons. The lowest BCUT2D eigenvalue weighted by molar-refractivity contribution is -0.438. The highest BCUT2D eigenvalue weighted by molar-refractivity contribution is 7.85. The molecule has 3 saturated heterocycles. The van der Waals surface area contributed by atoms with Crippen LogP contribution in [-0.2, 0) is 39.9 Å². The smallest absolute Gasteiger partial charge is 0.409 e. The first kappa shape index (κ1) is 50.2. The fraction of sp³-hybridized carbons (Fsp3) is 0.607. The first-order valence-electron chi connectivity index (χ1n) is 25.9. The molecule has 0 radical (unpaired) electrons. The zero-order valence-corrected chi connectivity index (χ0v) is 43.5. The molecule has 1 saturated carbocycles. The Kier molecular flexibility index (Phi) is 14.3. The zero-order valence-electron chi connectivity index (χ0n) is 41.9. The summed E-state index contributed by atoms with van der Waals surface area (Å²) in [5.41, 5.74) is 8.67. The molecule has 4 fully saturated rings. The topological polar surface area (TPSA) is 127 Å². The molecule has 1 amide bonds. The number of anilines is 1. The monoisotopic (exact) mass is 984 g/mol. The number of ether oxygens (including phenoxy) is 4. The summed E-state index contributed by atoms with van der Waals surface area (Å²) in [5.74, 6) is 0.279. The molecule has 2 N–H and O–H groups in total. The zero-order chi connectivity index (χ0) is 48.9. The van der Waals surface area contributed by atoms with E-state index < -0.39 is 40.2 Å². The Morgan fingerprint density at radius 3 is 2.45 bits per heavy atom. The van der Waals surface area contributed by atoms with Crippen molar-refractivity contribution in [3.8, 4) is 0 Å². The van der Waals surface area contributed by atoms with E-state index in [-0.39, 0.29) is 28.4 Å². The standard InChI is InChI=1S/C56H74ClN3O8S/c1-37-25-28-42-38(2)50(65-51-56(42)41(37)31-32-55(7,67-51)68-56)66-52(61)58-33-14-8-9-15-34-59-45-23-12-10-21-43(45)53(3,4)47(59)29-26-39-19-18-20-40(49(39)57)27-30-48-54(5,6)44-22-11-13-24-46(44)60(48)35-16-17-36-69(62,63)64/h10-13,21-24,26-27,29-30,37-38,41-42,50-51H,8-9,14-20,25,28,31-36H2,1-7H3,(H-,58,61,62,63,64)/p+1/t37-,38-,41+,42+,50?,51-,55+,56-/m0/s1. The van der Waals surface area contributed by atoms with Gasteiger partial charge in [-0.2, -0.15) is 13.0 Å². The summed E-state index contributed by atoms with van der Waals surface area (Å²) in [5, 5.41) is 3.81. The number of para-hydroxylation sites is 2. The Balaban J connectivity index is 0.813. The van der Waals surface area contributed by atoms with E-state index in [1.165, 1.54) is 22.5 Å². The second kappa shape index (κ2) is 19.7. The fourth-order valence-corrected chi connectivity index (χ4v) is 14.1. The molecular weight excluding hydrogens is 910 g/mol. The van der Waals surface area contributed by atoms with Crippen molar-refractivity contribution in [2.24, 2.45) is 23.7 Å². The number of unbranched alkanes of at least 4 members (excludes halogenated alkanes) is 4. The Hall–Kier alpha value is -3.78. The van der Waals surface area contributed by atoms with Gasteiger partial charge in [0.1, 0.15) is 12.1 Å². The van der Waals surface area contributed by atoms with Gasteiger partial charge in [-0.1, -0.05) is 101 Å². The van der Waals surface area contributed by atoms with Crippen LogP contribution in [0.1, 0.15) is 143 Å². The molecule has 2 aromatic rings. The van der Waals surface area contributed by atoms with Crippen LogP contribution in [0.15, 0.2) is 94.7 Å². The minimum absolute atomic E-state index is 0.00618. The lowest BCUT2D eigenvalue weighted by Crippen LogP contribution is -2.66. The molecule has 5 heterocycles. The fourth-order valence-electron chi connectivity index (χ4n) is 13.2. The van der Waals surface area contributed by atoms with Gasteiger partial charge in [0.2, 0.25) is 12.0 Å². The van der Waals surface area contributed by atoms with Crippen LogP contribution in [0, 0.1) is 23.7 Å². The number of fused-ring (bicyclic) bond motifs is 3. The predicted molar refractivity (Wildman–Crippen MR) is 272 cm³/mol. The summed E-state index contributed by atoms with van der Waals surface area (Å²) in [6, 6.07) is 17.1. The number of allylic oxidation sites excluding steroid dienone is 8. The first-order valence-corrected chi connectivity index (χ1v) is 27.9. The summed E-state index contributed by atoms with van der Waals surface area (Å²) in [6.07, 6.45) is 19.1. The third kappa shape index (κ3) is 9.68. The summed E-state index contributed by atoms with van der Waals surface area (Å²) >= 11 is 7.30. The van der Waals surface area contributed by atoms with E-state index in [1.54, 1.807) is 0 Å². The second-order valence-corrected chi connectivity index (χ2v) is 24.1. The van der Waals surface area contributed by atoms with Crippen molar-refractivity contribution in [3.05, 3.63) is 106 Å². The SMILES string of the molecule is C[C@@H]1C(OC(=O)NCCCCCCN2/C(=C/C=C3\CCCC(/C=C/C4=[N+](CCCCS(=O)(=O)O)c5ccccc5C4(C)C)=C3Cl)C(C)(C)c3ccccc32)O[C@H]2O[C@@]3(C)CC[C@@H]4[C@@H](C)CC[C@H]1[C@]24O3. The number of hydrogen-bond donors (Lipinski definition) is 2. The molecule has 2 bridgehead atoms. The number of benzene rings is 2. The average molecular weight is 986 g/mol. The van der Waals surface area contributed by atoms with E-state index in [1.807, 2.05) is 13.0 Å². The quantitative estimate of drug-likeness (QED) is 0.0960. The van der Waals surface area contributed by atoms with Crippen LogP contribution in [-0.4, -0.2) is 78.7 Å². The molecule has 2 aromatic carbocycles. The summed E-state index contributed by atoms with van der Waals surface area (Å²) in [4.78, 5) is 15.6. The van der Waals surface area contributed by atoms with Gasteiger partial charge in [0.25, 0.3) is 10.1 Å². The van der Waals surface area contributed by atoms with Gasteiger partial charge in [0, 0.05) is 77.3 Å². The van der Waals surface area contributed by atoms with Crippen LogP contribution < -0.4 is 10.2 Å². The van der Waals surface area contributed by atoms with E-state index in [9.17, 15) is 17.8 Å². The van der Waals surface area contributed by atoms with Gasteiger partial charge in [0.15, 0.2) is 17.8 Å². The maximum absolute atomic E-state index is 13.1. The van der Waals surface area contributed by atoms with Crippen molar-refractivity contribution < 1.29 is 41.3 Å². The molecular formula is C56H75ClN3O8S+. The Bertz CT molecular complexity index is 2560. The van der Waals surface area contributed by atoms with Gasteiger partial charge in [0.05, 0.1) is 11.2 Å². The van der Waals surface area contributed by atoms with Gasteiger partial charge in [-0.3, -0.25) is 4.55 Å². The minimum Gasteiger partial charge on any atom is -0.419 e. The molecule has 8 atom stereocenters. The lowest BCUT2D eigenvalue weighted by atomic mass is 9.57. The van der Waals surface area contributed by atoms with Gasteiger partial charge in [-0.15, -0.1) is 0 Å². The number of rotatable bonds is 16. The van der Waals surface area contributed by atoms with Crippen molar-refractivity contribution in [2.45, 2.75) is 167 Å². The van der Waals surface area contributed by atoms with Crippen molar-refractivity contribution in [1.82, 2.24) is 5.32 Å². The number of nitrogens with zero attached hydrogens (tertiary/aromatic N) is 2. The minimum atomic E-state index is -4.00. The average Bonchev–Trinajstić information content (AvgIpc) is 3.76. The van der Waals surface area contributed by atoms with Crippen LogP contribution in [0.25, 0.3) is 0 Å². The van der Waals surface area contributed by atoms with E-state index in [2.05, 4.69) is 123 Å². The molecule has 9 rings (SSSR count). The normalized spacial score (nSPS) is 32.2. The highest BCUT2D eigenvalue weighted by Crippen LogP contribution is 2.63. The van der Waals surface area contributed by atoms with E-state index >= 15 is 0 Å². The third-order valence-corrected chi connectivity index (χ3v) is 18.2. The van der Waals surface area contributed by atoms with Gasteiger partial charge >= 0.3 is 6.09 Å². The van der Waals surface area contributed by atoms with Crippen molar-refractivity contribution in [1.29, 1.82) is 0 Å². The van der Waals surface area contributed by atoms with Crippen molar-refractivity contribution in [3.63, 3.8) is 0 Å². The Morgan fingerprint density at radius 1 is 0.899 bits per heavy atom. The highest BCUT2D eigenvalue weighted by Gasteiger charge is 2.72. The molecule has 11 nitrogen and oxygen atoms in total. The molecule has 1 unspecified atom stereocenters. The number of hydrogen-bond acceptors (Lipinski definition) is 8.